The van der Waals surface area contributed by atoms with Gasteiger partial charge in [-0.1, -0.05) is 26.5 Å². The van der Waals surface area contributed by atoms with E-state index in [1.165, 1.54) is 6.08 Å². The highest BCUT2D eigenvalue weighted by molar-refractivity contribution is 6.01. The van der Waals surface area contributed by atoms with Crippen LogP contribution in [0.4, 0.5) is 39.3 Å². The molecule has 0 atom stereocenters. The number of benzene rings is 2. The predicted octanol–water partition coefficient (Wildman–Crippen LogP) is 5.31. The van der Waals surface area contributed by atoms with Crippen molar-refractivity contribution in [3.05, 3.63) is 67.4 Å². The lowest BCUT2D eigenvalue weighted by molar-refractivity contribution is -0.111. The Hall–Kier alpha value is -4.64. The van der Waals surface area contributed by atoms with Crippen molar-refractivity contribution in [2.24, 2.45) is 0 Å². The van der Waals surface area contributed by atoms with Gasteiger partial charge in [-0.15, -0.1) is 0 Å². The topological polar surface area (TPSA) is 124 Å². The summed E-state index contributed by atoms with van der Waals surface area (Å²) in [5.41, 5.74) is 2.87. The molecule has 0 unspecified atom stereocenters. The van der Waals surface area contributed by atoms with Crippen molar-refractivity contribution >= 4 is 46.5 Å². The van der Waals surface area contributed by atoms with Crippen LogP contribution in [0.15, 0.2) is 67.4 Å². The van der Waals surface area contributed by atoms with Crippen LogP contribution in [0.3, 0.4) is 0 Å². The summed E-state index contributed by atoms with van der Waals surface area (Å²) in [5, 5.41) is 11.3. The summed E-state index contributed by atoms with van der Waals surface area (Å²) in [6, 6.07) is 14.6. The molecule has 41 heavy (non-hydrogen) atoms. The van der Waals surface area contributed by atoms with E-state index in [2.05, 4.69) is 67.5 Å². The fourth-order valence-corrected chi connectivity index (χ4v) is 4.96. The number of hydrogen-bond donors (Lipinski definition) is 4. The fourth-order valence-electron chi connectivity index (χ4n) is 4.96. The molecule has 4 rings (SSSR count). The summed E-state index contributed by atoms with van der Waals surface area (Å²) < 4.78 is 5.68. The van der Waals surface area contributed by atoms with Crippen LogP contribution in [0.2, 0.25) is 0 Å². The Kier molecular flexibility index (Phi) is 10.1. The molecule has 3 aromatic rings. The average molecular weight is 559 g/mol. The quantitative estimate of drug-likeness (QED) is 0.234. The molecule has 11 nitrogen and oxygen atoms in total. The van der Waals surface area contributed by atoms with Gasteiger partial charge in [-0.05, 0) is 68.4 Å². The third-order valence-corrected chi connectivity index (χ3v) is 7.06. The zero-order valence-corrected chi connectivity index (χ0v) is 23.8. The zero-order chi connectivity index (χ0) is 29.2. The van der Waals surface area contributed by atoms with E-state index >= 15 is 0 Å². The third kappa shape index (κ3) is 7.95. The van der Waals surface area contributed by atoms with Gasteiger partial charge < -0.3 is 30.5 Å². The van der Waals surface area contributed by atoms with E-state index in [-0.39, 0.29) is 5.91 Å². The minimum Gasteiger partial charge on any atom is -0.494 e. The first-order chi connectivity index (χ1) is 19.9. The van der Waals surface area contributed by atoms with Gasteiger partial charge in [0.15, 0.2) is 0 Å². The highest BCUT2D eigenvalue weighted by Crippen LogP contribution is 2.33. The Morgan fingerprint density at radius 2 is 1.78 bits per heavy atom. The molecule has 1 aliphatic rings. The van der Waals surface area contributed by atoms with Crippen molar-refractivity contribution < 1.29 is 14.3 Å². The minimum absolute atomic E-state index is 0.308. The number of hydrogen-bond acceptors (Lipinski definition) is 8. The smallest absolute Gasteiger partial charge is 0.324 e. The summed E-state index contributed by atoms with van der Waals surface area (Å²) in [6.45, 7) is 12.1. The van der Waals surface area contributed by atoms with Crippen LogP contribution < -0.4 is 30.9 Å². The van der Waals surface area contributed by atoms with Gasteiger partial charge in [-0.2, -0.15) is 4.98 Å². The Labute approximate surface area is 241 Å². The number of piperidine rings is 1. The maximum Gasteiger partial charge on any atom is 0.324 e. The molecule has 3 amide bonds. The Morgan fingerprint density at radius 1 is 1.05 bits per heavy atom. The second-order valence-electron chi connectivity index (χ2n) is 9.57. The summed E-state index contributed by atoms with van der Waals surface area (Å²) in [7, 11) is 1.64. The molecule has 4 N–H and O–H groups in total. The van der Waals surface area contributed by atoms with Gasteiger partial charge in [0, 0.05) is 48.5 Å². The van der Waals surface area contributed by atoms with Gasteiger partial charge in [-0.25, -0.2) is 9.78 Å². The lowest BCUT2D eigenvalue weighted by Gasteiger charge is -2.38. The molecular weight excluding hydrogens is 520 g/mol. The largest absolute Gasteiger partial charge is 0.494 e. The predicted molar refractivity (Wildman–Crippen MR) is 164 cm³/mol. The molecule has 1 fully saturated rings. The number of carbonyl (C=O) groups is 2. The number of amides is 3. The first kappa shape index (κ1) is 29.3. The molecule has 1 aromatic heterocycles. The molecule has 2 heterocycles. The van der Waals surface area contributed by atoms with E-state index in [0.29, 0.717) is 40.6 Å². The Morgan fingerprint density at radius 3 is 2.46 bits per heavy atom. The summed E-state index contributed by atoms with van der Waals surface area (Å²) in [5.74, 6) is 0.955. The van der Waals surface area contributed by atoms with Crippen molar-refractivity contribution in [2.75, 3.05) is 59.5 Å². The number of methoxy groups -OCH3 is 1. The van der Waals surface area contributed by atoms with Gasteiger partial charge in [0.25, 0.3) is 0 Å². The van der Waals surface area contributed by atoms with E-state index in [1.54, 1.807) is 43.6 Å². The monoisotopic (exact) mass is 558 g/mol. The molecular formula is C30H38N8O3. The molecule has 1 aliphatic heterocycles. The molecule has 0 aliphatic carbocycles. The maximum absolute atomic E-state index is 12.6. The van der Waals surface area contributed by atoms with Crippen molar-refractivity contribution in [2.45, 2.75) is 32.7 Å². The van der Waals surface area contributed by atoms with Crippen LogP contribution in [-0.4, -0.2) is 66.1 Å². The molecule has 2 aromatic carbocycles. The summed E-state index contributed by atoms with van der Waals surface area (Å²) in [4.78, 5) is 37.8. The Balaban J connectivity index is 1.37. The van der Waals surface area contributed by atoms with Crippen LogP contribution in [0.5, 0.6) is 5.75 Å². The number of nitrogens with one attached hydrogen (secondary N) is 4. The second-order valence-corrected chi connectivity index (χ2v) is 9.57. The van der Waals surface area contributed by atoms with Gasteiger partial charge in [0.1, 0.15) is 11.6 Å². The van der Waals surface area contributed by atoms with Crippen molar-refractivity contribution in [3.63, 3.8) is 0 Å². The molecule has 0 radical (unpaired) electrons. The van der Waals surface area contributed by atoms with Crippen LogP contribution >= 0.6 is 0 Å². The van der Waals surface area contributed by atoms with E-state index in [0.717, 1.165) is 44.7 Å². The normalized spacial score (nSPS) is 13.4. The van der Waals surface area contributed by atoms with Crippen molar-refractivity contribution in [1.29, 1.82) is 0 Å². The van der Waals surface area contributed by atoms with Gasteiger partial charge in [-0.3, -0.25) is 10.1 Å². The molecule has 1 saturated heterocycles. The summed E-state index contributed by atoms with van der Waals surface area (Å²) in [6.07, 6.45) is 5.01. The van der Waals surface area contributed by atoms with E-state index in [1.807, 2.05) is 12.1 Å². The SMILES string of the molecule is C=CC(=O)Nc1cccc(NC(=O)Nc2ccnc(Nc3ccc(N4CCC(N(CC)CC)CC4)cc3OC)n2)c1. The molecule has 0 spiro atoms. The number of urea groups is 1. The first-order valence-electron chi connectivity index (χ1n) is 13.8. The van der Waals surface area contributed by atoms with Crippen molar-refractivity contribution in [3.8, 4) is 5.75 Å². The molecule has 11 heteroatoms. The van der Waals surface area contributed by atoms with Gasteiger partial charge in [0.2, 0.25) is 11.9 Å². The number of carbonyl (C=O) groups excluding carboxylic acids is 2. The summed E-state index contributed by atoms with van der Waals surface area (Å²) >= 11 is 0. The number of ether oxygens (including phenoxy) is 1. The van der Waals surface area contributed by atoms with E-state index < -0.39 is 6.03 Å². The fraction of sp³-hybridized carbons (Fsp3) is 0.333. The lowest BCUT2D eigenvalue weighted by atomic mass is 10.0. The molecule has 0 bridgehead atoms. The number of aromatic nitrogens is 2. The molecule has 216 valence electrons. The van der Waals surface area contributed by atoms with Crippen LogP contribution in [0.1, 0.15) is 26.7 Å². The van der Waals surface area contributed by atoms with Crippen LogP contribution in [0, 0.1) is 0 Å². The number of nitrogens with zero attached hydrogens (tertiary/aromatic N) is 4. The van der Waals surface area contributed by atoms with Gasteiger partial charge >= 0.3 is 6.03 Å². The number of rotatable bonds is 11. The minimum atomic E-state index is -0.492. The maximum atomic E-state index is 12.6. The number of anilines is 6. The van der Waals surface area contributed by atoms with E-state index in [9.17, 15) is 9.59 Å². The van der Waals surface area contributed by atoms with Crippen molar-refractivity contribution in [1.82, 2.24) is 14.9 Å². The average Bonchev–Trinajstić information content (AvgIpc) is 2.98. The third-order valence-electron chi connectivity index (χ3n) is 7.06. The highest BCUT2D eigenvalue weighted by Gasteiger charge is 2.23. The van der Waals surface area contributed by atoms with Crippen LogP contribution in [-0.2, 0) is 4.79 Å². The molecule has 0 saturated carbocycles. The zero-order valence-electron chi connectivity index (χ0n) is 23.8. The van der Waals surface area contributed by atoms with E-state index in [4.69, 9.17) is 4.74 Å². The lowest BCUT2D eigenvalue weighted by Crippen LogP contribution is -2.44. The standard InChI is InChI=1S/C30H38N8O3/c1-5-28(39)32-21-9-8-10-22(19-21)33-30(40)36-27-13-16-31-29(35-27)34-25-12-11-24(20-26(25)41-4)38-17-14-23(15-18-38)37(6-2)7-3/h5,8-13,16,19-20,23H,1,6-7,14-15,17-18H2,2-4H3,(H,32,39)(H3,31,33,34,35,36,40). The van der Waals surface area contributed by atoms with Gasteiger partial charge in [0.05, 0.1) is 12.8 Å². The highest BCUT2D eigenvalue weighted by atomic mass is 16.5. The first-order valence-corrected chi connectivity index (χ1v) is 13.8. The van der Waals surface area contributed by atoms with Crippen LogP contribution in [0.25, 0.3) is 0 Å². The Bertz CT molecular complexity index is 1350. The second kappa shape index (κ2) is 14.1.